The Kier molecular flexibility index (Phi) is 3.61. The molecule has 6 heteroatoms. The van der Waals surface area contributed by atoms with Gasteiger partial charge in [-0.1, -0.05) is 23.5 Å². The van der Waals surface area contributed by atoms with Crippen LogP contribution >= 0.6 is 23.1 Å². The van der Waals surface area contributed by atoms with Gasteiger partial charge in [0.1, 0.15) is 0 Å². The zero-order chi connectivity index (χ0) is 17.1. The van der Waals surface area contributed by atoms with Crippen molar-refractivity contribution in [2.45, 2.75) is 35.5 Å². The highest BCUT2D eigenvalue weighted by atomic mass is 32.2. The smallest absolute Gasteiger partial charge is 0.337 e. The molecule has 5 rings (SSSR count). The first kappa shape index (κ1) is 15.7. The van der Waals surface area contributed by atoms with Gasteiger partial charge in [-0.3, -0.25) is 4.79 Å². The summed E-state index contributed by atoms with van der Waals surface area (Å²) in [4.78, 5) is 28.0. The number of ether oxygens (including phenoxy) is 1. The molecule has 2 heterocycles. The Labute approximate surface area is 154 Å². The van der Waals surface area contributed by atoms with Crippen molar-refractivity contribution in [1.29, 1.82) is 0 Å². The van der Waals surface area contributed by atoms with E-state index in [-0.39, 0.29) is 16.8 Å². The molecule has 3 aliphatic rings. The molecular weight excluding hydrogens is 354 g/mol. The third-order valence-corrected chi connectivity index (χ3v) is 8.78. The minimum atomic E-state index is -0.310. The number of methoxy groups -OCH3 is 1. The second kappa shape index (κ2) is 5.74. The molecule has 25 heavy (non-hydrogen) atoms. The number of thioether (sulfide) groups is 1. The van der Waals surface area contributed by atoms with E-state index in [0.717, 1.165) is 16.9 Å². The van der Waals surface area contributed by atoms with E-state index in [2.05, 4.69) is 4.98 Å². The van der Waals surface area contributed by atoms with Crippen LogP contribution in [0.3, 0.4) is 0 Å². The van der Waals surface area contributed by atoms with Crippen LogP contribution in [0.15, 0.2) is 34.1 Å². The first-order valence-corrected chi connectivity index (χ1v) is 10.4. The number of carbonyl (C=O) groups excluding carboxylic acids is 1. The number of aromatic amines is 1. The molecule has 5 atom stereocenters. The van der Waals surface area contributed by atoms with Gasteiger partial charge >= 0.3 is 10.8 Å². The molecule has 1 aliphatic heterocycles. The van der Waals surface area contributed by atoms with Gasteiger partial charge in [0.15, 0.2) is 0 Å². The van der Waals surface area contributed by atoms with Gasteiger partial charge in [0, 0.05) is 16.0 Å². The van der Waals surface area contributed by atoms with Crippen LogP contribution in [0.5, 0.6) is 0 Å². The van der Waals surface area contributed by atoms with Gasteiger partial charge in [0.05, 0.1) is 17.7 Å². The van der Waals surface area contributed by atoms with Crippen molar-refractivity contribution in [3.05, 3.63) is 49.9 Å². The Hall–Kier alpha value is -1.53. The van der Waals surface area contributed by atoms with Gasteiger partial charge in [0.25, 0.3) is 0 Å². The maximum absolute atomic E-state index is 12.0. The van der Waals surface area contributed by atoms with Crippen molar-refractivity contribution in [3.63, 3.8) is 0 Å². The third-order valence-electron chi connectivity index (χ3n) is 6.16. The molecule has 2 bridgehead atoms. The fourth-order valence-electron chi connectivity index (χ4n) is 5.17. The van der Waals surface area contributed by atoms with Crippen molar-refractivity contribution in [2.24, 2.45) is 17.8 Å². The molecule has 2 saturated carbocycles. The molecule has 0 radical (unpaired) electrons. The Morgan fingerprint density at radius 3 is 2.72 bits per heavy atom. The molecule has 1 aromatic heterocycles. The van der Waals surface area contributed by atoms with E-state index in [9.17, 15) is 9.59 Å². The summed E-state index contributed by atoms with van der Waals surface area (Å²) in [6.45, 7) is 0. The van der Waals surface area contributed by atoms with Gasteiger partial charge in [0.2, 0.25) is 0 Å². The second-order valence-electron chi connectivity index (χ2n) is 7.29. The number of nitrogens with one attached hydrogen (secondary N) is 1. The topological polar surface area (TPSA) is 59.2 Å². The number of benzene rings is 1. The lowest BCUT2D eigenvalue weighted by Crippen LogP contribution is -2.33. The Bertz CT molecular complexity index is 885. The van der Waals surface area contributed by atoms with Gasteiger partial charge in [-0.25, -0.2) is 4.79 Å². The lowest BCUT2D eigenvalue weighted by Gasteiger charge is -2.40. The summed E-state index contributed by atoms with van der Waals surface area (Å²) in [7, 11) is 1.40. The van der Waals surface area contributed by atoms with Crippen LogP contribution in [-0.2, 0) is 4.74 Å². The molecule has 0 saturated heterocycles. The van der Waals surface area contributed by atoms with Crippen LogP contribution in [0.2, 0.25) is 0 Å². The number of hydrogen-bond donors (Lipinski definition) is 1. The number of rotatable bonds is 2. The summed E-state index contributed by atoms with van der Waals surface area (Å²) in [5, 5.41) is 1.69. The molecule has 0 amide bonds. The number of carbonyl (C=O) groups is 1. The highest BCUT2D eigenvalue weighted by Crippen LogP contribution is 2.63. The predicted molar refractivity (Wildman–Crippen MR) is 98.5 cm³/mol. The summed E-state index contributed by atoms with van der Waals surface area (Å²) < 4.78 is 4.80. The quantitative estimate of drug-likeness (QED) is 0.812. The van der Waals surface area contributed by atoms with Crippen molar-refractivity contribution < 1.29 is 9.53 Å². The van der Waals surface area contributed by atoms with E-state index in [0.29, 0.717) is 16.7 Å². The lowest BCUT2D eigenvalue weighted by atomic mass is 9.75. The molecular formula is C19H19NO3S2. The van der Waals surface area contributed by atoms with E-state index in [4.69, 9.17) is 4.74 Å². The highest BCUT2D eigenvalue weighted by Gasteiger charge is 2.54. The first-order valence-electron chi connectivity index (χ1n) is 8.73. The molecule has 2 aromatic rings. The molecule has 5 unspecified atom stereocenters. The standard InChI is InChI=1S/C19H19NO3S2/c1-23-18(21)10-4-2-9(3-5-10)13-14-11-6-7-12(8-11)15(14)24-17-16(13)25-19(22)20-17/h2-5,11-15H,6-8H2,1H3,(H,20,22). The average molecular weight is 373 g/mol. The minimum Gasteiger partial charge on any atom is -0.465 e. The van der Waals surface area contributed by atoms with E-state index >= 15 is 0 Å². The molecule has 130 valence electrons. The second-order valence-corrected chi connectivity index (χ2v) is 9.50. The van der Waals surface area contributed by atoms with Crippen LogP contribution in [0.4, 0.5) is 0 Å². The number of aromatic nitrogens is 1. The van der Waals surface area contributed by atoms with E-state index in [1.165, 1.54) is 48.1 Å². The number of esters is 1. The first-order chi connectivity index (χ1) is 12.2. The Morgan fingerprint density at radius 2 is 1.96 bits per heavy atom. The maximum Gasteiger partial charge on any atom is 0.337 e. The van der Waals surface area contributed by atoms with Crippen LogP contribution in [0.1, 0.15) is 46.0 Å². The van der Waals surface area contributed by atoms with Crippen molar-refractivity contribution >= 4 is 29.1 Å². The lowest BCUT2D eigenvalue weighted by molar-refractivity contribution is 0.0600. The SMILES string of the molecule is COC(=O)c1ccc(C2c3sc(=O)[nH]c3SC3C4CCC(C4)C23)cc1. The van der Waals surface area contributed by atoms with Gasteiger partial charge in [-0.05, 0) is 54.7 Å². The fraction of sp³-hybridized carbons (Fsp3) is 0.474. The fourth-order valence-corrected chi connectivity index (χ4v) is 8.06. The zero-order valence-corrected chi connectivity index (χ0v) is 15.5. The van der Waals surface area contributed by atoms with Crippen LogP contribution in [0.25, 0.3) is 0 Å². The van der Waals surface area contributed by atoms with Gasteiger partial charge in [-0.2, -0.15) is 0 Å². The third kappa shape index (κ3) is 2.34. The zero-order valence-electron chi connectivity index (χ0n) is 13.9. The van der Waals surface area contributed by atoms with Crippen molar-refractivity contribution in [3.8, 4) is 0 Å². The van der Waals surface area contributed by atoms with Crippen molar-refractivity contribution in [1.82, 2.24) is 4.98 Å². The summed E-state index contributed by atoms with van der Waals surface area (Å²) in [6, 6.07) is 7.79. The molecule has 2 fully saturated rings. The van der Waals surface area contributed by atoms with E-state index < -0.39 is 0 Å². The predicted octanol–water partition coefficient (Wildman–Crippen LogP) is 3.88. The molecule has 1 aromatic carbocycles. The average Bonchev–Trinajstić information content (AvgIpc) is 3.33. The Morgan fingerprint density at radius 1 is 1.20 bits per heavy atom. The number of H-pyrrole nitrogens is 1. The summed E-state index contributed by atoms with van der Waals surface area (Å²) in [5.74, 6) is 2.11. The van der Waals surface area contributed by atoms with Crippen molar-refractivity contribution in [2.75, 3.05) is 7.11 Å². The number of hydrogen-bond acceptors (Lipinski definition) is 5. The van der Waals surface area contributed by atoms with E-state index in [1.54, 1.807) is 0 Å². The number of thiazole rings is 1. The normalized spacial score (nSPS) is 32.3. The summed E-state index contributed by atoms with van der Waals surface area (Å²) in [5.41, 5.74) is 1.79. The summed E-state index contributed by atoms with van der Waals surface area (Å²) in [6.07, 6.45) is 3.98. The highest BCUT2D eigenvalue weighted by molar-refractivity contribution is 8.00. The van der Waals surface area contributed by atoms with Crippen LogP contribution in [-0.4, -0.2) is 23.3 Å². The van der Waals surface area contributed by atoms with Gasteiger partial charge in [-0.15, -0.1) is 11.8 Å². The summed E-state index contributed by atoms with van der Waals surface area (Å²) >= 11 is 3.26. The van der Waals surface area contributed by atoms with Gasteiger partial charge < -0.3 is 9.72 Å². The monoisotopic (exact) mass is 373 g/mol. The largest absolute Gasteiger partial charge is 0.465 e. The maximum atomic E-state index is 12.0. The molecule has 2 aliphatic carbocycles. The van der Waals surface area contributed by atoms with E-state index in [1.807, 2.05) is 36.0 Å². The molecule has 0 spiro atoms. The van der Waals surface area contributed by atoms with Crippen LogP contribution in [0, 0.1) is 17.8 Å². The van der Waals surface area contributed by atoms with Crippen LogP contribution < -0.4 is 4.87 Å². The molecule has 1 N–H and O–H groups in total. The number of fused-ring (bicyclic) bond motifs is 6. The minimum absolute atomic E-state index is 0.0426. The Balaban J connectivity index is 1.60. The molecule has 4 nitrogen and oxygen atoms in total.